The normalized spacial score (nSPS) is 16.4. The zero-order chi connectivity index (χ0) is 20.2. The highest BCUT2D eigenvalue weighted by Crippen LogP contribution is 2.32. The van der Waals surface area contributed by atoms with E-state index in [4.69, 9.17) is 5.11 Å². The van der Waals surface area contributed by atoms with E-state index in [-0.39, 0.29) is 37.2 Å². The Morgan fingerprint density at radius 2 is 1.96 bits per heavy atom. The summed E-state index contributed by atoms with van der Waals surface area (Å²) in [6.45, 7) is 4.34. The Kier molecular flexibility index (Phi) is 6.83. The van der Waals surface area contributed by atoms with Crippen LogP contribution in [-0.2, 0) is 4.79 Å². The van der Waals surface area contributed by atoms with Crippen molar-refractivity contribution in [2.45, 2.75) is 43.6 Å². The number of aliphatic carboxylic acids is 1. The van der Waals surface area contributed by atoms with Crippen LogP contribution in [0.5, 0.6) is 0 Å². The second-order valence-corrected chi connectivity index (χ2v) is 8.24. The van der Waals surface area contributed by atoms with Crippen LogP contribution in [0.2, 0.25) is 0 Å². The first-order valence-corrected chi connectivity index (χ1v) is 9.79. The number of aliphatic hydroxyl groups is 1. The number of carbonyl (C=O) groups excluding carboxylic acids is 1. The maximum absolute atomic E-state index is 12.6. The molecule has 27 heavy (non-hydrogen) atoms. The van der Waals surface area contributed by atoms with Crippen LogP contribution in [0.4, 0.5) is 5.69 Å². The molecular weight excluding hydrogens is 372 g/mol. The minimum Gasteiger partial charge on any atom is -0.479 e. The molecule has 1 amide bonds. The molecule has 8 nitrogen and oxygen atoms in total. The van der Waals surface area contributed by atoms with Crippen LogP contribution in [0.25, 0.3) is 0 Å². The molecule has 0 aliphatic carbocycles. The van der Waals surface area contributed by atoms with Gasteiger partial charge in [-0.3, -0.25) is 14.9 Å². The number of hydrogen-bond acceptors (Lipinski definition) is 6. The van der Waals surface area contributed by atoms with Crippen molar-refractivity contribution >= 4 is 29.3 Å². The first-order chi connectivity index (χ1) is 12.6. The molecule has 2 rings (SSSR count). The molecule has 1 aliphatic heterocycles. The summed E-state index contributed by atoms with van der Waals surface area (Å²) in [7, 11) is 0. The van der Waals surface area contributed by atoms with Crippen molar-refractivity contribution < 1.29 is 24.7 Å². The predicted molar refractivity (Wildman–Crippen MR) is 101 cm³/mol. The minimum absolute atomic E-state index is 0.0701. The van der Waals surface area contributed by atoms with Crippen molar-refractivity contribution in [1.82, 2.24) is 4.90 Å². The first-order valence-electron chi connectivity index (χ1n) is 8.80. The van der Waals surface area contributed by atoms with Gasteiger partial charge in [-0.15, -0.1) is 11.8 Å². The number of hydrogen-bond donors (Lipinski definition) is 2. The number of carboxylic acid groups (broad SMARTS) is 1. The molecule has 2 N–H and O–H groups in total. The maximum Gasteiger partial charge on any atom is 0.335 e. The molecule has 1 aliphatic rings. The van der Waals surface area contributed by atoms with E-state index in [0.717, 1.165) is 12.2 Å². The summed E-state index contributed by atoms with van der Waals surface area (Å²) in [6.07, 6.45) is 0.793. The summed E-state index contributed by atoms with van der Waals surface area (Å²) in [4.78, 5) is 36.6. The van der Waals surface area contributed by atoms with Gasteiger partial charge in [0.05, 0.1) is 9.82 Å². The van der Waals surface area contributed by atoms with Crippen molar-refractivity contribution in [1.29, 1.82) is 0 Å². The van der Waals surface area contributed by atoms with Crippen LogP contribution in [0.1, 0.15) is 43.5 Å². The lowest BCUT2D eigenvalue weighted by Gasteiger charge is -2.35. The lowest BCUT2D eigenvalue weighted by Crippen LogP contribution is -2.50. The van der Waals surface area contributed by atoms with Crippen LogP contribution in [0.3, 0.4) is 0 Å². The molecule has 1 heterocycles. The standard InChI is InChI=1S/C18H24N2O6S/c1-12(2)5-10-27-15-4-3-13(11-14(15)20(25)26)16(21)19-8-6-18(24,7-9-19)17(22)23/h3-4,11-12,24H,5-10H2,1-2H3,(H,22,23). The van der Waals surface area contributed by atoms with Gasteiger partial charge >= 0.3 is 5.97 Å². The molecule has 148 valence electrons. The van der Waals surface area contributed by atoms with Crippen molar-refractivity contribution in [3.63, 3.8) is 0 Å². The van der Waals surface area contributed by atoms with Gasteiger partial charge in [-0.1, -0.05) is 13.8 Å². The molecule has 1 aromatic carbocycles. The Labute approximate surface area is 161 Å². The van der Waals surface area contributed by atoms with Crippen LogP contribution in [0.15, 0.2) is 23.1 Å². The van der Waals surface area contributed by atoms with Gasteiger partial charge in [0.2, 0.25) is 0 Å². The molecule has 1 fully saturated rings. The third kappa shape index (κ3) is 5.20. The zero-order valence-electron chi connectivity index (χ0n) is 15.4. The van der Waals surface area contributed by atoms with Gasteiger partial charge in [0.15, 0.2) is 5.60 Å². The van der Waals surface area contributed by atoms with Gasteiger partial charge in [-0.05, 0) is 30.2 Å². The fraction of sp³-hybridized carbons (Fsp3) is 0.556. The Morgan fingerprint density at radius 1 is 1.33 bits per heavy atom. The second kappa shape index (κ2) is 8.71. The van der Waals surface area contributed by atoms with Gasteiger partial charge in [0.25, 0.3) is 11.6 Å². The zero-order valence-corrected chi connectivity index (χ0v) is 16.2. The molecule has 0 aromatic heterocycles. The van der Waals surface area contributed by atoms with E-state index in [1.807, 2.05) is 0 Å². The molecule has 0 bridgehead atoms. The van der Waals surface area contributed by atoms with Gasteiger partial charge in [-0.25, -0.2) is 4.79 Å². The number of nitro benzene ring substituents is 1. The second-order valence-electron chi connectivity index (χ2n) is 7.10. The van der Waals surface area contributed by atoms with E-state index in [1.54, 1.807) is 12.1 Å². The topological polar surface area (TPSA) is 121 Å². The van der Waals surface area contributed by atoms with Crippen LogP contribution in [0, 0.1) is 16.0 Å². The highest BCUT2D eigenvalue weighted by molar-refractivity contribution is 7.99. The van der Waals surface area contributed by atoms with Gasteiger partial charge < -0.3 is 15.1 Å². The molecule has 0 atom stereocenters. The van der Waals surface area contributed by atoms with Crippen molar-refractivity contribution in [3.8, 4) is 0 Å². The average Bonchev–Trinajstić information content (AvgIpc) is 2.61. The molecule has 1 aromatic rings. The Balaban J connectivity index is 2.12. The molecule has 0 radical (unpaired) electrons. The van der Waals surface area contributed by atoms with E-state index < -0.39 is 22.4 Å². The summed E-state index contributed by atoms with van der Waals surface area (Å²) < 4.78 is 0. The van der Waals surface area contributed by atoms with E-state index in [1.165, 1.54) is 22.7 Å². The number of piperidine rings is 1. The number of likely N-dealkylation sites (tertiary alicyclic amines) is 1. The lowest BCUT2D eigenvalue weighted by atomic mass is 9.91. The SMILES string of the molecule is CC(C)CCSc1ccc(C(=O)N2CCC(O)(C(=O)O)CC2)cc1[N+](=O)[O-]. The molecule has 9 heteroatoms. The highest BCUT2D eigenvalue weighted by atomic mass is 32.2. The number of thioether (sulfide) groups is 1. The number of nitrogens with zero attached hydrogens (tertiary/aromatic N) is 2. The quantitative estimate of drug-likeness (QED) is 0.413. The number of carboxylic acids is 1. The number of nitro groups is 1. The Morgan fingerprint density at radius 3 is 2.48 bits per heavy atom. The molecule has 0 unspecified atom stereocenters. The van der Waals surface area contributed by atoms with Gasteiger partial charge in [0, 0.05) is 37.6 Å². The fourth-order valence-electron chi connectivity index (χ4n) is 2.80. The molecule has 1 saturated heterocycles. The number of carbonyl (C=O) groups is 2. The number of benzene rings is 1. The van der Waals surface area contributed by atoms with Crippen molar-refractivity contribution in [3.05, 3.63) is 33.9 Å². The monoisotopic (exact) mass is 396 g/mol. The highest BCUT2D eigenvalue weighted by Gasteiger charge is 2.40. The predicted octanol–water partition coefficient (Wildman–Crippen LogP) is 2.78. The maximum atomic E-state index is 12.6. The molecular formula is C18H24N2O6S. The fourth-order valence-corrected chi connectivity index (χ4v) is 4.05. The summed E-state index contributed by atoms with van der Waals surface area (Å²) in [5, 5.41) is 30.4. The van der Waals surface area contributed by atoms with Crippen LogP contribution < -0.4 is 0 Å². The smallest absolute Gasteiger partial charge is 0.335 e. The van der Waals surface area contributed by atoms with E-state index in [2.05, 4.69) is 13.8 Å². The summed E-state index contributed by atoms with van der Waals surface area (Å²) >= 11 is 1.40. The van der Waals surface area contributed by atoms with E-state index >= 15 is 0 Å². The van der Waals surface area contributed by atoms with Crippen LogP contribution in [-0.4, -0.2) is 56.4 Å². The number of rotatable bonds is 7. The van der Waals surface area contributed by atoms with Crippen molar-refractivity contribution in [2.24, 2.45) is 5.92 Å². The van der Waals surface area contributed by atoms with E-state index in [0.29, 0.717) is 10.8 Å². The van der Waals surface area contributed by atoms with E-state index in [9.17, 15) is 24.8 Å². The minimum atomic E-state index is -1.82. The first kappa shape index (κ1) is 21.2. The molecule has 0 saturated carbocycles. The van der Waals surface area contributed by atoms with Crippen LogP contribution >= 0.6 is 11.8 Å². The Bertz CT molecular complexity index is 729. The summed E-state index contributed by atoms with van der Waals surface area (Å²) in [5.41, 5.74) is -1.73. The van der Waals surface area contributed by atoms with Crippen molar-refractivity contribution in [2.75, 3.05) is 18.8 Å². The lowest BCUT2D eigenvalue weighted by molar-refractivity contribution is -0.387. The largest absolute Gasteiger partial charge is 0.479 e. The Hall–Kier alpha value is -2.13. The summed E-state index contributed by atoms with van der Waals surface area (Å²) in [6, 6.07) is 4.43. The third-order valence-corrected chi connectivity index (χ3v) is 5.73. The summed E-state index contributed by atoms with van der Waals surface area (Å²) in [5.74, 6) is -0.440. The average molecular weight is 396 g/mol. The third-order valence-electron chi connectivity index (χ3n) is 4.63. The molecule has 0 spiro atoms. The van der Waals surface area contributed by atoms with Gasteiger partial charge in [-0.2, -0.15) is 0 Å². The number of amides is 1. The van der Waals surface area contributed by atoms with Gasteiger partial charge in [0.1, 0.15) is 0 Å².